The van der Waals surface area contributed by atoms with Crippen LogP contribution in [0.1, 0.15) is 24.4 Å². The minimum Gasteiger partial charge on any atom is -0.340 e. The van der Waals surface area contributed by atoms with Gasteiger partial charge in [0.05, 0.1) is 0 Å². The molecule has 4 rings (SSSR count). The van der Waals surface area contributed by atoms with Gasteiger partial charge in [-0.2, -0.15) is 0 Å². The highest BCUT2D eigenvalue weighted by molar-refractivity contribution is 5.95. The summed E-state index contributed by atoms with van der Waals surface area (Å²) in [7, 11) is 0. The van der Waals surface area contributed by atoms with Crippen LogP contribution in [-0.4, -0.2) is 47.8 Å². The summed E-state index contributed by atoms with van der Waals surface area (Å²) in [5, 5.41) is 3.04. The van der Waals surface area contributed by atoms with Gasteiger partial charge in [-0.15, -0.1) is 0 Å². The molecule has 0 spiro atoms. The summed E-state index contributed by atoms with van der Waals surface area (Å²) in [5.74, 6) is 0.511. The number of piperazine rings is 1. The van der Waals surface area contributed by atoms with Crippen LogP contribution >= 0.6 is 0 Å². The van der Waals surface area contributed by atoms with E-state index in [9.17, 15) is 9.59 Å². The molecule has 1 N–H and O–H groups in total. The van der Waals surface area contributed by atoms with Gasteiger partial charge in [-0.25, -0.2) is 0 Å². The molecule has 2 aliphatic rings. The Morgan fingerprint density at radius 1 is 0.852 bits per heavy atom. The van der Waals surface area contributed by atoms with E-state index in [1.807, 2.05) is 65.6 Å². The number of rotatable bonds is 5. The van der Waals surface area contributed by atoms with Crippen molar-refractivity contribution in [1.29, 1.82) is 0 Å². The number of carbonyl (C=O) groups excluding carboxylic acids is 2. The smallest absolute Gasteiger partial charge is 0.246 e. The van der Waals surface area contributed by atoms with Crippen LogP contribution in [0.5, 0.6) is 0 Å². The molecule has 1 atom stereocenters. The van der Waals surface area contributed by atoms with Gasteiger partial charge in [-0.1, -0.05) is 48.5 Å². The van der Waals surface area contributed by atoms with Crippen LogP contribution in [0.25, 0.3) is 0 Å². The fourth-order valence-corrected chi connectivity index (χ4v) is 3.68. The van der Waals surface area contributed by atoms with Crippen molar-refractivity contribution in [3.8, 4) is 0 Å². The Hall–Kier alpha value is -2.66. The number of anilines is 1. The monoisotopic (exact) mass is 363 g/mol. The minimum atomic E-state index is -0.357. The quantitative estimate of drug-likeness (QED) is 0.889. The van der Waals surface area contributed by atoms with Crippen LogP contribution in [-0.2, 0) is 9.59 Å². The zero-order valence-electron chi connectivity index (χ0n) is 15.4. The molecule has 1 saturated heterocycles. The summed E-state index contributed by atoms with van der Waals surface area (Å²) >= 11 is 0. The van der Waals surface area contributed by atoms with Crippen molar-refractivity contribution in [3.05, 3.63) is 66.2 Å². The average molecular weight is 363 g/mol. The van der Waals surface area contributed by atoms with Crippen molar-refractivity contribution < 1.29 is 9.59 Å². The Balaban J connectivity index is 1.48. The number of hydrogen-bond donors (Lipinski definition) is 1. The van der Waals surface area contributed by atoms with Crippen LogP contribution in [0.15, 0.2) is 60.7 Å². The van der Waals surface area contributed by atoms with E-state index in [1.165, 1.54) is 0 Å². The number of carbonyl (C=O) groups is 2. The lowest BCUT2D eigenvalue weighted by atomic mass is 10.0. The van der Waals surface area contributed by atoms with Crippen molar-refractivity contribution in [2.45, 2.75) is 18.9 Å². The van der Waals surface area contributed by atoms with Gasteiger partial charge in [0.25, 0.3) is 0 Å². The first kappa shape index (κ1) is 17.7. The third kappa shape index (κ3) is 4.19. The van der Waals surface area contributed by atoms with E-state index in [0.29, 0.717) is 32.1 Å². The Kier molecular flexibility index (Phi) is 5.21. The lowest BCUT2D eigenvalue weighted by molar-refractivity contribution is -0.135. The van der Waals surface area contributed by atoms with Crippen molar-refractivity contribution >= 4 is 17.5 Å². The molecule has 2 aromatic carbocycles. The van der Waals surface area contributed by atoms with Crippen LogP contribution in [0.3, 0.4) is 0 Å². The fraction of sp³-hybridized carbons (Fsp3) is 0.364. The normalized spacial score (nSPS) is 18.7. The maximum atomic E-state index is 13.1. The van der Waals surface area contributed by atoms with Crippen molar-refractivity contribution in [2.75, 3.05) is 31.5 Å². The Bertz CT molecular complexity index is 782. The molecule has 1 aliphatic carbocycles. The van der Waals surface area contributed by atoms with Gasteiger partial charge >= 0.3 is 0 Å². The summed E-state index contributed by atoms with van der Waals surface area (Å²) in [5.41, 5.74) is 1.78. The molecule has 1 aliphatic heterocycles. The Morgan fingerprint density at radius 3 is 2.04 bits per heavy atom. The van der Waals surface area contributed by atoms with Crippen molar-refractivity contribution in [1.82, 2.24) is 9.80 Å². The topological polar surface area (TPSA) is 52.7 Å². The highest BCUT2D eigenvalue weighted by atomic mass is 16.2. The molecule has 5 nitrogen and oxygen atoms in total. The predicted molar refractivity (Wildman–Crippen MR) is 105 cm³/mol. The van der Waals surface area contributed by atoms with Crippen molar-refractivity contribution in [3.63, 3.8) is 0 Å². The molecule has 0 radical (unpaired) electrons. The van der Waals surface area contributed by atoms with Gasteiger partial charge in [-0.3, -0.25) is 14.5 Å². The molecule has 2 aromatic rings. The molecular weight excluding hydrogens is 338 g/mol. The zero-order chi connectivity index (χ0) is 18.6. The molecule has 1 heterocycles. The second kappa shape index (κ2) is 7.92. The number of hydrogen-bond acceptors (Lipinski definition) is 3. The van der Waals surface area contributed by atoms with E-state index in [1.54, 1.807) is 0 Å². The maximum absolute atomic E-state index is 13.1. The first-order chi connectivity index (χ1) is 13.2. The van der Waals surface area contributed by atoms with E-state index in [2.05, 4.69) is 10.2 Å². The number of nitrogens with one attached hydrogen (secondary N) is 1. The summed E-state index contributed by atoms with van der Waals surface area (Å²) < 4.78 is 0. The van der Waals surface area contributed by atoms with Gasteiger partial charge in [0.15, 0.2) is 0 Å². The van der Waals surface area contributed by atoms with Crippen LogP contribution in [0.2, 0.25) is 0 Å². The van der Waals surface area contributed by atoms with Gasteiger partial charge in [0.1, 0.15) is 6.04 Å². The second-order valence-electron chi connectivity index (χ2n) is 7.30. The lowest BCUT2D eigenvalue weighted by Crippen LogP contribution is -2.52. The third-order valence-corrected chi connectivity index (χ3v) is 5.32. The van der Waals surface area contributed by atoms with Gasteiger partial charge < -0.3 is 10.2 Å². The molecular formula is C22H25N3O2. The summed E-state index contributed by atoms with van der Waals surface area (Å²) in [6.45, 7) is 2.80. The molecule has 0 bridgehead atoms. The standard InChI is InChI=1S/C22H25N3O2/c26-21(23-19-9-5-2-6-10-19)20(17-7-3-1-4-8-17)24-13-15-25(16-14-24)22(27)18-11-12-18/h1-10,18,20H,11-16H2,(H,23,26)/t20-/m1/s1. The Labute approximate surface area is 160 Å². The number of nitrogens with zero attached hydrogens (tertiary/aromatic N) is 2. The fourth-order valence-electron chi connectivity index (χ4n) is 3.68. The highest BCUT2D eigenvalue weighted by Gasteiger charge is 2.36. The van der Waals surface area contributed by atoms with Gasteiger partial charge in [0.2, 0.25) is 11.8 Å². The van der Waals surface area contributed by atoms with Crippen LogP contribution in [0.4, 0.5) is 5.69 Å². The van der Waals surface area contributed by atoms with Crippen molar-refractivity contribution in [2.24, 2.45) is 5.92 Å². The first-order valence-corrected chi connectivity index (χ1v) is 9.66. The number of amides is 2. The molecule has 1 saturated carbocycles. The van der Waals surface area contributed by atoms with Crippen LogP contribution < -0.4 is 5.32 Å². The molecule has 2 amide bonds. The van der Waals surface area contributed by atoms with Gasteiger partial charge in [0, 0.05) is 37.8 Å². The van der Waals surface area contributed by atoms with E-state index >= 15 is 0 Å². The van der Waals surface area contributed by atoms with E-state index in [0.717, 1.165) is 24.1 Å². The highest BCUT2D eigenvalue weighted by Crippen LogP contribution is 2.32. The Morgan fingerprint density at radius 2 is 1.44 bits per heavy atom. The largest absolute Gasteiger partial charge is 0.340 e. The average Bonchev–Trinajstić information content (AvgIpc) is 3.55. The molecule has 140 valence electrons. The van der Waals surface area contributed by atoms with Gasteiger partial charge in [-0.05, 0) is 30.5 Å². The molecule has 27 heavy (non-hydrogen) atoms. The van der Waals surface area contributed by atoms with Crippen LogP contribution in [0, 0.1) is 5.92 Å². The third-order valence-electron chi connectivity index (χ3n) is 5.32. The van der Waals surface area contributed by atoms with E-state index in [4.69, 9.17) is 0 Å². The van der Waals surface area contributed by atoms with E-state index < -0.39 is 0 Å². The summed E-state index contributed by atoms with van der Waals surface area (Å²) in [4.78, 5) is 29.6. The van der Waals surface area contributed by atoms with E-state index in [-0.39, 0.29) is 17.9 Å². The summed E-state index contributed by atoms with van der Waals surface area (Å²) in [6, 6.07) is 19.1. The minimum absolute atomic E-state index is 0.0330. The molecule has 0 aromatic heterocycles. The zero-order valence-corrected chi connectivity index (χ0v) is 15.4. The molecule has 2 fully saturated rings. The molecule has 5 heteroatoms. The second-order valence-corrected chi connectivity index (χ2v) is 7.30. The lowest BCUT2D eigenvalue weighted by Gasteiger charge is -2.39. The first-order valence-electron chi connectivity index (χ1n) is 9.66. The maximum Gasteiger partial charge on any atom is 0.246 e. The predicted octanol–water partition coefficient (Wildman–Crippen LogP) is 2.92. The SMILES string of the molecule is O=C(Nc1ccccc1)[C@@H](c1ccccc1)N1CCN(C(=O)C2CC2)CC1. The number of benzene rings is 2. The molecule has 0 unspecified atom stereocenters. The summed E-state index contributed by atoms with van der Waals surface area (Å²) in [6.07, 6.45) is 2.07. The number of para-hydroxylation sites is 1.